The van der Waals surface area contributed by atoms with Gasteiger partial charge >= 0.3 is 0 Å². The third-order valence-electron chi connectivity index (χ3n) is 10.8. The van der Waals surface area contributed by atoms with Gasteiger partial charge in [-0.2, -0.15) is 0 Å². The number of benzene rings is 5. The van der Waals surface area contributed by atoms with E-state index < -0.39 is 8.80 Å². The van der Waals surface area contributed by atoms with E-state index in [0.29, 0.717) is 5.92 Å². The highest BCUT2D eigenvalue weighted by Crippen LogP contribution is 2.38. The van der Waals surface area contributed by atoms with Gasteiger partial charge in [-0.25, -0.2) is 0 Å². The molecule has 0 saturated carbocycles. The van der Waals surface area contributed by atoms with Crippen molar-refractivity contribution in [3.8, 4) is 55.8 Å². The SMILES string of the molecule is C[SiH](C)c1cc(-c2ccccc2-c2ccc(C3=NC=CC(C(C)(C)C)C3)cc2)cc(-c2ccccc2-c2ccc(-c3cc(C(C)(C)C)ccn3)cc2)c1. The summed E-state index contributed by atoms with van der Waals surface area (Å²) >= 11 is 0. The molecule has 5 aromatic carbocycles. The zero-order chi connectivity index (χ0) is 37.3. The van der Waals surface area contributed by atoms with Crippen LogP contribution in [0.5, 0.6) is 0 Å². The van der Waals surface area contributed by atoms with Crippen molar-refractivity contribution in [2.24, 2.45) is 16.3 Å². The van der Waals surface area contributed by atoms with Crippen LogP contribution in [-0.2, 0) is 5.41 Å². The molecule has 2 heterocycles. The summed E-state index contributed by atoms with van der Waals surface area (Å²) in [6.07, 6.45) is 7.16. The van der Waals surface area contributed by atoms with Crippen LogP contribution in [0.4, 0.5) is 0 Å². The number of aromatic nitrogens is 1. The smallest absolute Gasteiger partial charge is 0.0704 e. The standard InChI is InChI=1S/C50H52N2Si/c1-49(2,3)40-25-27-51-47(32-40)36-21-17-34(18-22-36)43-13-9-11-15-45(43)38-29-39(31-42(30-38)53(7)8)46-16-12-10-14-44(46)35-19-23-37(24-20-35)48-33-41(26-28-52-48)50(4,5)6/h9-32,41,53H,33H2,1-8H3. The molecule has 53 heavy (non-hydrogen) atoms. The van der Waals surface area contributed by atoms with Crippen molar-refractivity contribution in [2.75, 3.05) is 0 Å². The van der Waals surface area contributed by atoms with Gasteiger partial charge in [0, 0.05) is 23.7 Å². The molecule has 6 aromatic rings. The highest BCUT2D eigenvalue weighted by molar-refractivity contribution is 6.71. The molecular weight excluding hydrogens is 657 g/mol. The van der Waals surface area contributed by atoms with Gasteiger partial charge < -0.3 is 0 Å². The topological polar surface area (TPSA) is 25.2 Å². The summed E-state index contributed by atoms with van der Waals surface area (Å²) < 4.78 is 0. The van der Waals surface area contributed by atoms with E-state index in [9.17, 15) is 0 Å². The van der Waals surface area contributed by atoms with Crippen molar-refractivity contribution in [1.29, 1.82) is 0 Å². The normalized spacial score (nSPS) is 14.7. The molecular formula is C50H52N2Si. The number of aliphatic imine (C=N–C) groups is 1. The maximum absolute atomic E-state index is 4.79. The van der Waals surface area contributed by atoms with E-state index >= 15 is 0 Å². The Kier molecular flexibility index (Phi) is 10.1. The summed E-state index contributed by atoms with van der Waals surface area (Å²) in [6, 6.07) is 47.4. The number of hydrogen-bond acceptors (Lipinski definition) is 2. The van der Waals surface area contributed by atoms with Crippen molar-refractivity contribution in [1.82, 2.24) is 4.98 Å². The lowest BCUT2D eigenvalue weighted by Crippen LogP contribution is -2.23. The predicted molar refractivity (Wildman–Crippen MR) is 232 cm³/mol. The van der Waals surface area contributed by atoms with E-state index in [0.717, 1.165) is 17.7 Å². The molecule has 0 amide bonds. The molecule has 0 aliphatic carbocycles. The first-order valence-electron chi connectivity index (χ1n) is 19.1. The highest BCUT2D eigenvalue weighted by atomic mass is 28.3. The Labute approximate surface area is 319 Å². The molecule has 1 unspecified atom stereocenters. The second-order valence-corrected chi connectivity index (χ2v) is 20.0. The Hall–Kier alpha value is -5.12. The summed E-state index contributed by atoms with van der Waals surface area (Å²) in [4.78, 5) is 9.51. The van der Waals surface area contributed by atoms with E-state index in [1.807, 2.05) is 12.4 Å². The molecule has 1 aliphatic heterocycles. The van der Waals surface area contributed by atoms with Crippen LogP contribution in [0.1, 0.15) is 59.1 Å². The predicted octanol–water partition coefficient (Wildman–Crippen LogP) is 12.8. The fourth-order valence-corrected chi connectivity index (χ4v) is 8.37. The maximum Gasteiger partial charge on any atom is 0.0704 e. The monoisotopic (exact) mass is 708 g/mol. The van der Waals surface area contributed by atoms with E-state index in [2.05, 4.69) is 188 Å². The third kappa shape index (κ3) is 7.96. The van der Waals surface area contributed by atoms with Crippen LogP contribution in [0, 0.1) is 11.3 Å². The zero-order valence-corrected chi connectivity index (χ0v) is 33.8. The largest absolute Gasteiger partial charge is 0.261 e. The molecule has 1 aliphatic rings. The molecule has 0 bridgehead atoms. The lowest BCUT2D eigenvalue weighted by Gasteiger charge is -2.30. The Morgan fingerprint density at radius 1 is 0.547 bits per heavy atom. The molecule has 1 aromatic heterocycles. The number of nitrogens with zero attached hydrogens (tertiary/aromatic N) is 2. The Bertz CT molecular complexity index is 2300. The zero-order valence-electron chi connectivity index (χ0n) is 32.6. The van der Waals surface area contributed by atoms with Crippen molar-refractivity contribution in [3.63, 3.8) is 0 Å². The second-order valence-electron chi connectivity index (χ2n) is 17.0. The number of allylic oxidation sites excluding steroid dienone is 1. The van der Waals surface area contributed by atoms with Gasteiger partial charge in [0.25, 0.3) is 0 Å². The van der Waals surface area contributed by atoms with Crippen molar-refractivity contribution in [3.05, 3.63) is 157 Å². The number of hydrogen-bond donors (Lipinski definition) is 0. The Balaban J connectivity index is 1.24. The molecule has 2 nitrogen and oxygen atoms in total. The van der Waals surface area contributed by atoms with Crippen LogP contribution in [-0.4, -0.2) is 19.5 Å². The maximum atomic E-state index is 4.79. The van der Waals surface area contributed by atoms with Gasteiger partial charge in [-0.15, -0.1) is 0 Å². The molecule has 0 radical (unpaired) electrons. The van der Waals surface area contributed by atoms with Gasteiger partial charge in [0.05, 0.1) is 14.5 Å². The summed E-state index contributed by atoms with van der Waals surface area (Å²) in [5, 5.41) is 1.47. The van der Waals surface area contributed by atoms with E-state index in [4.69, 9.17) is 9.98 Å². The number of pyridine rings is 1. The average molecular weight is 709 g/mol. The second kappa shape index (κ2) is 14.7. The summed E-state index contributed by atoms with van der Waals surface area (Å²) in [7, 11) is -1.14. The third-order valence-corrected chi connectivity index (χ3v) is 12.5. The molecule has 266 valence electrons. The first-order chi connectivity index (χ1) is 25.3. The number of rotatable bonds is 7. The Morgan fingerprint density at radius 3 is 1.53 bits per heavy atom. The first-order valence-corrected chi connectivity index (χ1v) is 22.0. The minimum absolute atomic E-state index is 0.0760. The van der Waals surface area contributed by atoms with Crippen LogP contribution < -0.4 is 5.19 Å². The molecule has 3 heteroatoms. The molecule has 0 saturated heterocycles. The van der Waals surface area contributed by atoms with E-state index in [-0.39, 0.29) is 10.8 Å². The summed E-state index contributed by atoms with van der Waals surface area (Å²) in [5.41, 5.74) is 16.1. The van der Waals surface area contributed by atoms with Crippen LogP contribution in [0.15, 0.2) is 151 Å². The molecule has 1 atom stereocenters. The highest BCUT2D eigenvalue weighted by Gasteiger charge is 2.26. The fraction of sp³-hybridized carbons (Fsp3) is 0.240. The fourth-order valence-electron chi connectivity index (χ4n) is 7.34. The van der Waals surface area contributed by atoms with Gasteiger partial charge in [0.15, 0.2) is 0 Å². The summed E-state index contributed by atoms with van der Waals surface area (Å²) in [6.45, 7) is 18.5. The quantitative estimate of drug-likeness (QED) is 0.152. The lowest BCUT2D eigenvalue weighted by molar-refractivity contribution is 0.298. The van der Waals surface area contributed by atoms with Crippen LogP contribution in [0.2, 0.25) is 13.1 Å². The van der Waals surface area contributed by atoms with Crippen LogP contribution in [0.3, 0.4) is 0 Å². The van der Waals surface area contributed by atoms with Crippen molar-refractivity contribution >= 4 is 19.7 Å². The van der Waals surface area contributed by atoms with E-state index in [1.54, 1.807) is 0 Å². The molecule has 7 rings (SSSR count). The average Bonchev–Trinajstić information content (AvgIpc) is 3.17. The Morgan fingerprint density at radius 2 is 1.04 bits per heavy atom. The minimum atomic E-state index is -1.14. The molecule has 0 fully saturated rings. The van der Waals surface area contributed by atoms with Gasteiger partial charge in [0.2, 0.25) is 0 Å². The molecule has 0 spiro atoms. The van der Waals surface area contributed by atoms with Crippen molar-refractivity contribution in [2.45, 2.75) is 66.5 Å². The van der Waals surface area contributed by atoms with Gasteiger partial charge in [-0.1, -0.05) is 175 Å². The van der Waals surface area contributed by atoms with Gasteiger partial charge in [-0.05, 0) is 97.0 Å². The lowest BCUT2D eigenvalue weighted by atomic mass is 9.76. The molecule has 0 N–H and O–H groups in total. The van der Waals surface area contributed by atoms with Gasteiger partial charge in [-0.3, -0.25) is 9.98 Å². The van der Waals surface area contributed by atoms with Crippen LogP contribution in [0.25, 0.3) is 55.8 Å². The van der Waals surface area contributed by atoms with Gasteiger partial charge in [0.1, 0.15) is 0 Å². The van der Waals surface area contributed by atoms with E-state index in [1.165, 1.54) is 66.5 Å². The minimum Gasteiger partial charge on any atom is -0.261 e. The summed E-state index contributed by atoms with van der Waals surface area (Å²) in [5.74, 6) is 0.486. The van der Waals surface area contributed by atoms with Crippen LogP contribution >= 0.6 is 0 Å². The van der Waals surface area contributed by atoms with Crippen molar-refractivity contribution < 1.29 is 0 Å². The first kappa shape index (κ1) is 36.2.